The summed E-state index contributed by atoms with van der Waals surface area (Å²) in [6.45, 7) is 0.814. The van der Waals surface area contributed by atoms with Gasteiger partial charge in [0.1, 0.15) is 0 Å². The quantitative estimate of drug-likeness (QED) is 0.803. The van der Waals surface area contributed by atoms with E-state index in [0.717, 1.165) is 6.54 Å². The lowest BCUT2D eigenvalue weighted by atomic mass is 9.89. The highest BCUT2D eigenvalue weighted by atomic mass is 32.2. The monoisotopic (exact) mass is 256 g/mol. The first kappa shape index (κ1) is 12.3. The van der Waals surface area contributed by atoms with Gasteiger partial charge < -0.3 is 5.11 Å². The maximum absolute atomic E-state index is 10.5. The summed E-state index contributed by atoms with van der Waals surface area (Å²) in [4.78, 5) is 10.5. The molecular weight excluding hydrogens is 240 g/mol. The van der Waals surface area contributed by atoms with E-state index in [1.165, 1.54) is 43.9 Å². The Kier molecular flexibility index (Phi) is 4.36. The summed E-state index contributed by atoms with van der Waals surface area (Å²) in [7, 11) is 0. The Morgan fingerprint density at radius 1 is 1.41 bits per heavy atom. The van der Waals surface area contributed by atoms with Crippen molar-refractivity contribution in [2.75, 3.05) is 5.75 Å². The fraction of sp³-hybridized carbons (Fsp3) is 0.800. The Hall–Kier alpha value is -1.11. The normalized spacial score (nSPS) is 17.2. The molecule has 1 aromatic rings. The Morgan fingerprint density at radius 2 is 2.18 bits per heavy atom. The second-order valence-electron chi connectivity index (χ2n) is 4.33. The van der Waals surface area contributed by atoms with E-state index in [-0.39, 0.29) is 5.75 Å². The highest BCUT2D eigenvalue weighted by molar-refractivity contribution is 7.99. The molecule has 0 saturated heterocycles. The summed E-state index contributed by atoms with van der Waals surface area (Å²) >= 11 is 1.18. The molecule has 1 aliphatic carbocycles. The van der Waals surface area contributed by atoms with Crippen LogP contribution in [0.2, 0.25) is 0 Å². The molecule has 17 heavy (non-hydrogen) atoms. The van der Waals surface area contributed by atoms with Crippen LogP contribution in [0.1, 0.15) is 32.1 Å². The van der Waals surface area contributed by atoms with E-state index in [1.807, 2.05) is 0 Å². The minimum Gasteiger partial charge on any atom is -0.481 e. The van der Waals surface area contributed by atoms with Crippen LogP contribution in [0, 0.1) is 5.92 Å². The molecule has 2 rings (SSSR count). The zero-order valence-electron chi connectivity index (χ0n) is 9.58. The standard InChI is InChI=1S/C10H16N4O2S/c15-9(16)7-17-10-11-12-13-14(10)6-8-4-2-1-3-5-8/h8H,1-7H2,(H,15,16). The van der Waals surface area contributed by atoms with Gasteiger partial charge in [-0.25, -0.2) is 4.68 Å². The molecule has 0 unspecified atom stereocenters. The lowest BCUT2D eigenvalue weighted by molar-refractivity contribution is -0.133. The van der Waals surface area contributed by atoms with Crippen LogP contribution in [0.4, 0.5) is 0 Å². The van der Waals surface area contributed by atoms with E-state index in [2.05, 4.69) is 15.5 Å². The van der Waals surface area contributed by atoms with E-state index < -0.39 is 5.97 Å². The first-order chi connectivity index (χ1) is 8.25. The van der Waals surface area contributed by atoms with Crippen LogP contribution in [0.3, 0.4) is 0 Å². The number of carbonyl (C=O) groups is 1. The van der Waals surface area contributed by atoms with Crippen molar-refractivity contribution in [3.8, 4) is 0 Å². The summed E-state index contributed by atoms with van der Waals surface area (Å²) in [6, 6.07) is 0. The number of hydrogen-bond donors (Lipinski definition) is 1. The van der Waals surface area contributed by atoms with Crippen molar-refractivity contribution in [2.45, 2.75) is 43.8 Å². The van der Waals surface area contributed by atoms with Crippen LogP contribution in [0.5, 0.6) is 0 Å². The third-order valence-electron chi connectivity index (χ3n) is 2.98. The Morgan fingerprint density at radius 3 is 2.88 bits per heavy atom. The van der Waals surface area contributed by atoms with Crippen molar-refractivity contribution in [3.05, 3.63) is 0 Å². The van der Waals surface area contributed by atoms with Crippen molar-refractivity contribution in [2.24, 2.45) is 5.92 Å². The molecule has 1 fully saturated rings. The summed E-state index contributed by atoms with van der Waals surface area (Å²) in [5, 5.41) is 20.6. The van der Waals surface area contributed by atoms with Crippen LogP contribution in [-0.2, 0) is 11.3 Å². The van der Waals surface area contributed by atoms with Gasteiger partial charge in [-0.2, -0.15) is 0 Å². The fourth-order valence-corrected chi connectivity index (χ4v) is 2.76. The number of carboxylic acid groups (broad SMARTS) is 1. The van der Waals surface area contributed by atoms with Gasteiger partial charge in [-0.05, 0) is 29.2 Å². The van der Waals surface area contributed by atoms with Gasteiger partial charge in [0.05, 0.1) is 5.75 Å². The molecule has 0 spiro atoms. The van der Waals surface area contributed by atoms with Crippen molar-refractivity contribution >= 4 is 17.7 Å². The fourth-order valence-electron chi connectivity index (χ4n) is 2.15. The van der Waals surface area contributed by atoms with E-state index >= 15 is 0 Å². The predicted molar refractivity (Wildman–Crippen MR) is 62.8 cm³/mol. The number of hydrogen-bond acceptors (Lipinski definition) is 5. The second kappa shape index (κ2) is 6.00. The van der Waals surface area contributed by atoms with Crippen LogP contribution in [0.15, 0.2) is 5.16 Å². The van der Waals surface area contributed by atoms with Crippen molar-refractivity contribution in [1.29, 1.82) is 0 Å². The highest BCUT2D eigenvalue weighted by Gasteiger charge is 2.17. The molecule has 0 aromatic carbocycles. The highest BCUT2D eigenvalue weighted by Crippen LogP contribution is 2.26. The summed E-state index contributed by atoms with van der Waals surface area (Å²) in [6.07, 6.45) is 6.34. The third-order valence-corrected chi connectivity index (χ3v) is 3.92. The zero-order chi connectivity index (χ0) is 12.1. The topological polar surface area (TPSA) is 80.9 Å². The molecule has 7 heteroatoms. The second-order valence-corrected chi connectivity index (χ2v) is 5.27. The molecule has 94 valence electrons. The Balaban J connectivity index is 1.91. The predicted octanol–water partition coefficient (Wildman–Crippen LogP) is 1.43. The zero-order valence-corrected chi connectivity index (χ0v) is 10.4. The number of nitrogens with zero attached hydrogens (tertiary/aromatic N) is 4. The minimum atomic E-state index is -0.845. The SMILES string of the molecule is O=C(O)CSc1nnnn1CC1CCCCC1. The van der Waals surface area contributed by atoms with Gasteiger partial charge in [-0.3, -0.25) is 4.79 Å². The maximum atomic E-state index is 10.5. The number of rotatable bonds is 5. The number of thioether (sulfide) groups is 1. The van der Waals surface area contributed by atoms with Gasteiger partial charge in [0, 0.05) is 6.54 Å². The van der Waals surface area contributed by atoms with E-state index in [1.54, 1.807) is 4.68 Å². The average Bonchev–Trinajstić information content (AvgIpc) is 2.75. The van der Waals surface area contributed by atoms with Crippen LogP contribution < -0.4 is 0 Å². The minimum absolute atomic E-state index is 0.00500. The van der Waals surface area contributed by atoms with Gasteiger partial charge in [-0.15, -0.1) is 5.10 Å². The van der Waals surface area contributed by atoms with Gasteiger partial charge in [-0.1, -0.05) is 31.0 Å². The van der Waals surface area contributed by atoms with Crippen LogP contribution >= 0.6 is 11.8 Å². The average molecular weight is 256 g/mol. The molecule has 6 nitrogen and oxygen atoms in total. The lowest BCUT2D eigenvalue weighted by Crippen LogP contribution is -2.16. The van der Waals surface area contributed by atoms with E-state index in [4.69, 9.17) is 5.11 Å². The molecule has 1 aliphatic rings. The van der Waals surface area contributed by atoms with Gasteiger partial charge in [0.2, 0.25) is 5.16 Å². The van der Waals surface area contributed by atoms with Gasteiger partial charge in [0.25, 0.3) is 0 Å². The summed E-state index contributed by atoms with van der Waals surface area (Å²) in [5.41, 5.74) is 0. The number of aromatic nitrogens is 4. The molecule has 0 radical (unpaired) electrons. The molecule has 0 bridgehead atoms. The van der Waals surface area contributed by atoms with Crippen molar-refractivity contribution in [1.82, 2.24) is 20.2 Å². The Bertz CT molecular complexity index is 376. The molecule has 1 saturated carbocycles. The molecular formula is C10H16N4O2S. The summed E-state index contributed by atoms with van der Waals surface area (Å²) in [5.74, 6) is -0.205. The first-order valence-electron chi connectivity index (χ1n) is 5.86. The molecule has 1 heterocycles. The van der Waals surface area contributed by atoms with Crippen LogP contribution in [-0.4, -0.2) is 37.0 Å². The van der Waals surface area contributed by atoms with E-state index in [0.29, 0.717) is 11.1 Å². The maximum Gasteiger partial charge on any atom is 0.313 e. The Labute approximate surface area is 104 Å². The molecule has 0 aliphatic heterocycles. The number of tetrazole rings is 1. The number of aliphatic carboxylic acids is 1. The molecule has 0 amide bonds. The van der Waals surface area contributed by atoms with Crippen molar-refractivity contribution < 1.29 is 9.90 Å². The van der Waals surface area contributed by atoms with Crippen LogP contribution in [0.25, 0.3) is 0 Å². The smallest absolute Gasteiger partial charge is 0.313 e. The van der Waals surface area contributed by atoms with Crippen molar-refractivity contribution in [3.63, 3.8) is 0 Å². The van der Waals surface area contributed by atoms with E-state index in [9.17, 15) is 4.79 Å². The molecule has 1 N–H and O–H groups in total. The lowest BCUT2D eigenvalue weighted by Gasteiger charge is -2.21. The number of carboxylic acids is 1. The molecule has 0 atom stereocenters. The first-order valence-corrected chi connectivity index (χ1v) is 6.85. The molecule has 1 aromatic heterocycles. The largest absolute Gasteiger partial charge is 0.481 e. The summed E-state index contributed by atoms with van der Waals surface area (Å²) < 4.78 is 1.74. The third kappa shape index (κ3) is 3.69. The van der Waals surface area contributed by atoms with Gasteiger partial charge >= 0.3 is 5.97 Å². The van der Waals surface area contributed by atoms with Gasteiger partial charge in [0.15, 0.2) is 0 Å².